The molecule has 0 atom stereocenters. The minimum Gasteiger partial charge on any atom is -0.381 e. The Hall–Kier alpha value is 0.160. The van der Waals surface area contributed by atoms with E-state index in [4.69, 9.17) is 20.2 Å². The SMILES string of the molecule is CC(C)CCCOCC1(CS(=O)(=O)Cl)CCOCC1. The lowest BCUT2D eigenvalue weighted by Gasteiger charge is -2.35. The summed E-state index contributed by atoms with van der Waals surface area (Å²) < 4.78 is 33.7. The molecule has 0 saturated carbocycles. The number of halogens is 1. The van der Waals surface area contributed by atoms with Crippen LogP contribution in [0.25, 0.3) is 0 Å². The van der Waals surface area contributed by atoms with Gasteiger partial charge in [0.05, 0.1) is 12.4 Å². The van der Waals surface area contributed by atoms with E-state index in [0.29, 0.717) is 45.2 Å². The molecule has 0 spiro atoms. The van der Waals surface area contributed by atoms with Crippen molar-refractivity contribution in [2.24, 2.45) is 11.3 Å². The molecule has 0 aromatic heterocycles. The van der Waals surface area contributed by atoms with Crippen molar-refractivity contribution in [2.75, 3.05) is 32.2 Å². The topological polar surface area (TPSA) is 52.6 Å². The van der Waals surface area contributed by atoms with Crippen molar-refractivity contribution in [3.05, 3.63) is 0 Å². The van der Waals surface area contributed by atoms with Crippen molar-refractivity contribution in [2.45, 2.75) is 39.5 Å². The Kier molecular flexibility index (Phi) is 7.08. The summed E-state index contributed by atoms with van der Waals surface area (Å²) in [6.07, 6.45) is 3.54. The van der Waals surface area contributed by atoms with Crippen LogP contribution >= 0.6 is 10.7 Å². The molecule has 0 radical (unpaired) electrons. The van der Waals surface area contributed by atoms with Crippen molar-refractivity contribution in [3.8, 4) is 0 Å². The Labute approximate surface area is 121 Å². The van der Waals surface area contributed by atoms with Crippen LogP contribution in [-0.4, -0.2) is 40.6 Å². The number of rotatable bonds is 8. The molecule has 0 amide bonds. The molecule has 1 rings (SSSR count). The van der Waals surface area contributed by atoms with E-state index in [1.807, 2.05) is 0 Å². The van der Waals surface area contributed by atoms with Crippen LogP contribution < -0.4 is 0 Å². The highest BCUT2D eigenvalue weighted by molar-refractivity contribution is 8.13. The van der Waals surface area contributed by atoms with E-state index >= 15 is 0 Å². The summed E-state index contributed by atoms with van der Waals surface area (Å²) >= 11 is 0. The van der Waals surface area contributed by atoms with Gasteiger partial charge in [0.15, 0.2) is 0 Å². The van der Waals surface area contributed by atoms with Crippen LogP contribution in [0.15, 0.2) is 0 Å². The van der Waals surface area contributed by atoms with Gasteiger partial charge in [-0.05, 0) is 31.6 Å². The molecule has 4 nitrogen and oxygen atoms in total. The monoisotopic (exact) mass is 312 g/mol. The van der Waals surface area contributed by atoms with Gasteiger partial charge < -0.3 is 9.47 Å². The third-order valence-corrected chi connectivity index (χ3v) is 4.79. The van der Waals surface area contributed by atoms with Gasteiger partial charge in [-0.15, -0.1) is 0 Å². The van der Waals surface area contributed by atoms with Gasteiger partial charge in [0.1, 0.15) is 0 Å². The first-order valence-corrected chi connectivity index (χ1v) is 9.39. The second kappa shape index (κ2) is 7.81. The van der Waals surface area contributed by atoms with Crippen LogP contribution in [0.3, 0.4) is 0 Å². The van der Waals surface area contributed by atoms with Gasteiger partial charge in [-0.1, -0.05) is 13.8 Å². The summed E-state index contributed by atoms with van der Waals surface area (Å²) in [6, 6.07) is 0. The molecule has 1 fully saturated rings. The maximum atomic E-state index is 11.4. The molecule has 0 bridgehead atoms. The van der Waals surface area contributed by atoms with E-state index in [1.54, 1.807) is 0 Å². The van der Waals surface area contributed by atoms with Crippen LogP contribution in [0.4, 0.5) is 0 Å². The van der Waals surface area contributed by atoms with Gasteiger partial charge >= 0.3 is 0 Å². The smallest absolute Gasteiger partial charge is 0.233 e. The average Bonchev–Trinajstić information content (AvgIpc) is 2.27. The second-order valence-corrected chi connectivity index (χ2v) is 8.66. The molecular formula is C13H25ClO4S. The van der Waals surface area contributed by atoms with Gasteiger partial charge in [-0.2, -0.15) is 0 Å². The Morgan fingerprint density at radius 3 is 2.47 bits per heavy atom. The minimum atomic E-state index is -3.50. The zero-order valence-electron chi connectivity index (χ0n) is 11.9. The Bertz CT molecular complexity index is 348. The lowest BCUT2D eigenvalue weighted by Crippen LogP contribution is -2.39. The minimum absolute atomic E-state index is 0.0188. The highest BCUT2D eigenvalue weighted by atomic mass is 35.7. The summed E-state index contributed by atoms with van der Waals surface area (Å²) in [7, 11) is 1.91. The fourth-order valence-corrected chi connectivity index (χ4v) is 4.18. The molecule has 0 aromatic rings. The standard InChI is InChI=1S/C13H25ClO4S/c1-12(2)4-3-7-18-10-13(11-19(14,15)16)5-8-17-9-6-13/h12H,3-11H2,1-2H3. The Balaban J connectivity index is 2.41. The first-order valence-electron chi connectivity index (χ1n) is 6.91. The first-order chi connectivity index (χ1) is 8.83. The van der Waals surface area contributed by atoms with E-state index in [9.17, 15) is 8.42 Å². The summed E-state index contributed by atoms with van der Waals surface area (Å²) in [5.41, 5.74) is -0.364. The first kappa shape index (κ1) is 17.2. The molecule has 1 heterocycles. The van der Waals surface area contributed by atoms with Crippen molar-refractivity contribution >= 4 is 19.7 Å². The van der Waals surface area contributed by atoms with Crippen molar-refractivity contribution in [1.82, 2.24) is 0 Å². The molecular weight excluding hydrogens is 288 g/mol. The van der Waals surface area contributed by atoms with Crippen molar-refractivity contribution in [1.29, 1.82) is 0 Å². The maximum Gasteiger partial charge on any atom is 0.233 e. The summed E-state index contributed by atoms with van der Waals surface area (Å²) in [6.45, 7) is 6.67. The molecule has 19 heavy (non-hydrogen) atoms. The third-order valence-electron chi connectivity index (χ3n) is 3.51. The third kappa shape index (κ3) is 7.49. The normalized spacial score (nSPS) is 19.8. The quantitative estimate of drug-likeness (QED) is 0.511. The van der Waals surface area contributed by atoms with Gasteiger partial charge in [0.2, 0.25) is 9.05 Å². The van der Waals surface area contributed by atoms with Crippen LogP contribution in [0.1, 0.15) is 39.5 Å². The molecule has 6 heteroatoms. The van der Waals surface area contributed by atoms with Crippen LogP contribution in [0.2, 0.25) is 0 Å². The molecule has 0 N–H and O–H groups in total. The fourth-order valence-electron chi connectivity index (χ4n) is 2.38. The van der Waals surface area contributed by atoms with Gasteiger partial charge in [0.25, 0.3) is 0 Å². The van der Waals surface area contributed by atoms with Crippen LogP contribution in [0.5, 0.6) is 0 Å². The van der Waals surface area contributed by atoms with Gasteiger partial charge in [0, 0.05) is 35.9 Å². The highest BCUT2D eigenvalue weighted by Gasteiger charge is 2.37. The predicted octanol–water partition coefficient (Wildman–Crippen LogP) is 2.80. The molecule has 0 aromatic carbocycles. The summed E-state index contributed by atoms with van der Waals surface area (Å²) in [4.78, 5) is 0. The maximum absolute atomic E-state index is 11.4. The van der Waals surface area contributed by atoms with Crippen LogP contribution in [-0.2, 0) is 18.5 Å². The zero-order valence-corrected chi connectivity index (χ0v) is 13.4. The summed E-state index contributed by atoms with van der Waals surface area (Å²) in [5, 5.41) is 0. The van der Waals surface area contributed by atoms with E-state index < -0.39 is 9.05 Å². The van der Waals surface area contributed by atoms with E-state index in [2.05, 4.69) is 13.8 Å². The van der Waals surface area contributed by atoms with Gasteiger partial charge in [-0.3, -0.25) is 0 Å². The average molecular weight is 313 g/mol. The zero-order chi connectivity index (χ0) is 14.4. The second-order valence-electron chi connectivity index (χ2n) is 5.88. The highest BCUT2D eigenvalue weighted by Crippen LogP contribution is 2.33. The molecule has 1 aliphatic rings. The van der Waals surface area contributed by atoms with E-state index in [-0.39, 0.29) is 11.2 Å². The van der Waals surface area contributed by atoms with E-state index in [1.165, 1.54) is 0 Å². The fraction of sp³-hybridized carbons (Fsp3) is 1.00. The largest absolute Gasteiger partial charge is 0.381 e. The van der Waals surface area contributed by atoms with Gasteiger partial charge in [-0.25, -0.2) is 8.42 Å². The molecule has 114 valence electrons. The van der Waals surface area contributed by atoms with E-state index in [0.717, 1.165) is 12.8 Å². The lowest BCUT2D eigenvalue weighted by molar-refractivity contribution is -0.0286. The molecule has 0 unspecified atom stereocenters. The summed E-state index contributed by atoms with van der Waals surface area (Å²) in [5.74, 6) is 0.651. The van der Waals surface area contributed by atoms with Crippen molar-refractivity contribution in [3.63, 3.8) is 0 Å². The predicted molar refractivity (Wildman–Crippen MR) is 77.0 cm³/mol. The Morgan fingerprint density at radius 2 is 1.95 bits per heavy atom. The Morgan fingerprint density at radius 1 is 1.32 bits per heavy atom. The number of hydrogen-bond acceptors (Lipinski definition) is 4. The number of ether oxygens (including phenoxy) is 2. The molecule has 0 aliphatic carbocycles. The lowest BCUT2D eigenvalue weighted by atomic mass is 9.83. The van der Waals surface area contributed by atoms with Crippen molar-refractivity contribution < 1.29 is 17.9 Å². The van der Waals surface area contributed by atoms with Crippen LogP contribution in [0, 0.1) is 11.3 Å². The molecule has 1 aliphatic heterocycles. The molecule has 1 saturated heterocycles. The number of hydrogen-bond donors (Lipinski definition) is 0.